The molecule has 0 radical (unpaired) electrons. The topological polar surface area (TPSA) is 72.9 Å². The fourth-order valence-corrected chi connectivity index (χ4v) is 3.41. The number of aliphatic carboxylic acids is 1. The maximum absolute atomic E-state index is 12.3. The van der Waals surface area contributed by atoms with E-state index >= 15 is 0 Å². The zero-order valence-electron chi connectivity index (χ0n) is 13.0. The predicted molar refractivity (Wildman–Crippen MR) is 80.1 cm³/mol. The van der Waals surface area contributed by atoms with Gasteiger partial charge in [-0.15, -0.1) is 0 Å². The Hall–Kier alpha value is -1.30. The fraction of sp³-hybridized carbons (Fsp3) is 0.867. The molecule has 6 heteroatoms. The second kappa shape index (κ2) is 7.11. The van der Waals surface area contributed by atoms with Crippen LogP contribution >= 0.6 is 0 Å². The minimum absolute atomic E-state index is 0.216. The van der Waals surface area contributed by atoms with Crippen LogP contribution < -0.4 is 5.32 Å². The molecule has 0 saturated carbocycles. The van der Waals surface area contributed by atoms with Gasteiger partial charge in [0.1, 0.15) is 6.04 Å². The standard InChI is InChI=1S/C15H27N3O3/c1-3-11-5-7-18(13(8-11)14(19)20)15(21)16-9-12-4-6-17(2)10-12/h11-13H,3-10H2,1-2H3,(H,16,21)(H,19,20). The zero-order valence-corrected chi connectivity index (χ0v) is 13.0. The van der Waals surface area contributed by atoms with Gasteiger partial charge >= 0.3 is 12.0 Å². The summed E-state index contributed by atoms with van der Waals surface area (Å²) in [4.78, 5) is 27.5. The highest BCUT2D eigenvalue weighted by molar-refractivity contribution is 5.82. The molecule has 0 aromatic carbocycles. The number of hydrogen-bond donors (Lipinski definition) is 2. The van der Waals surface area contributed by atoms with Crippen molar-refractivity contribution >= 4 is 12.0 Å². The van der Waals surface area contributed by atoms with Crippen LogP contribution in [0.2, 0.25) is 0 Å². The van der Waals surface area contributed by atoms with Crippen molar-refractivity contribution in [2.24, 2.45) is 11.8 Å². The Kier molecular flexibility index (Phi) is 5.45. The van der Waals surface area contributed by atoms with E-state index in [1.54, 1.807) is 0 Å². The number of hydrogen-bond acceptors (Lipinski definition) is 3. The number of amides is 2. The molecular formula is C15H27N3O3. The molecule has 3 atom stereocenters. The molecule has 0 aromatic rings. The summed E-state index contributed by atoms with van der Waals surface area (Å²) in [7, 11) is 2.08. The fourth-order valence-electron chi connectivity index (χ4n) is 3.41. The third-order valence-corrected chi connectivity index (χ3v) is 4.87. The molecule has 0 aliphatic carbocycles. The molecule has 2 aliphatic rings. The number of urea groups is 1. The maximum atomic E-state index is 12.3. The molecule has 2 rings (SSSR count). The first-order valence-electron chi connectivity index (χ1n) is 7.97. The number of carboxylic acids is 1. The lowest BCUT2D eigenvalue weighted by molar-refractivity contribution is -0.144. The van der Waals surface area contributed by atoms with Crippen molar-refractivity contribution in [3.8, 4) is 0 Å². The highest BCUT2D eigenvalue weighted by Gasteiger charge is 2.35. The van der Waals surface area contributed by atoms with Crippen LogP contribution in [0, 0.1) is 11.8 Å². The number of carboxylic acid groups (broad SMARTS) is 1. The van der Waals surface area contributed by atoms with Gasteiger partial charge in [0.15, 0.2) is 0 Å². The Morgan fingerprint density at radius 3 is 2.52 bits per heavy atom. The maximum Gasteiger partial charge on any atom is 0.326 e. The molecule has 2 aliphatic heterocycles. The molecule has 2 heterocycles. The van der Waals surface area contributed by atoms with E-state index < -0.39 is 12.0 Å². The van der Waals surface area contributed by atoms with Gasteiger partial charge in [0.25, 0.3) is 0 Å². The van der Waals surface area contributed by atoms with Crippen molar-refractivity contribution in [3.05, 3.63) is 0 Å². The van der Waals surface area contributed by atoms with Crippen LogP contribution in [-0.2, 0) is 4.79 Å². The molecule has 3 unspecified atom stereocenters. The van der Waals surface area contributed by atoms with Crippen LogP contribution in [0.15, 0.2) is 0 Å². The van der Waals surface area contributed by atoms with Crippen molar-refractivity contribution in [2.75, 3.05) is 33.2 Å². The number of nitrogens with one attached hydrogen (secondary N) is 1. The number of rotatable bonds is 4. The third kappa shape index (κ3) is 4.09. The van der Waals surface area contributed by atoms with Crippen LogP contribution in [0.4, 0.5) is 4.79 Å². The molecule has 0 spiro atoms. The lowest BCUT2D eigenvalue weighted by atomic mass is 9.89. The van der Waals surface area contributed by atoms with Gasteiger partial charge in [0.2, 0.25) is 0 Å². The summed E-state index contributed by atoms with van der Waals surface area (Å²) in [5.74, 6) is 0.0120. The van der Waals surface area contributed by atoms with E-state index in [4.69, 9.17) is 0 Å². The van der Waals surface area contributed by atoms with Gasteiger partial charge in [-0.3, -0.25) is 0 Å². The van der Waals surface area contributed by atoms with E-state index in [0.717, 1.165) is 32.4 Å². The Bertz CT molecular complexity index is 388. The first-order chi connectivity index (χ1) is 10.0. The van der Waals surface area contributed by atoms with Crippen molar-refractivity contribution < 1.29 is 14.7 Å². The summed E-state index contributed by atoms with van der Waals surface area (Å²) in [6, 6.07) is -0.888. The number of carbonyl (C=O) groups is 2. The van der Waals surface area contributed by atoms with E-state index in [2.05, 4.69) is 24.2 Å². The third-order valence-electron chi connectivity index (χ3n) is 4.87. The number of carbonyl (C=O) groups excluding carboxylic acids is 1. The molecule has 0 aromatic heterocycles. The Morgan fingerprint density at radius 1 is 1.24 bits per heavy atom. The molecule has 0 bridgehead atoms. The van der Waals surface area contributed by atoms with Crippen LogP contribution in [0.25, 0.3) is 0 Å². The molecule has 2 fully saturated rings. The first-order valence-corrected chi connectivity index (χ1v) is 7.97. The number of nitrogens with zero attached hydrogens (tertiary/aromatic N) is 2. The van der Waals surface area contributed by atoms with Gasteiger partial charge in [-0.1, -0.05) is 13.3 Å². The predicted octanol–water partition coefficient (Wildman–Crippen LogP) is 1.22. The summed E-state index contributed by atoms with van der Waals surface area (Å²) < 4.78 is 0. The van der Waals surface area contributed by atoms with Crippen molar-refractivity contribution in [1.82, 2.24) is 15.1 Å². The molecule has 2 amide bonds. The van der Waals surface area contributed by atoms with Gasteiger partial charge < -0.3 is 20.2 Å². The van der Waals surface area contributed by atoms with E-state index in [0.29, 0.717) is 31.3 Å². The summed E-state index contributed by atoms with van der Waals surface area (Å²) in [6.07, 6.45) is 3.55. The summed E-state index contributed by atoms with van der Waals surface area (Å²) >= 11 is 0. The van der Waals surface area contributed by atoms with Crippen molar-refractivity contribution in [2.45, 2.75) is 38.6 Å². The Balaban J connectivity index is 1.86. The van der Waals surface area contributed by atoms with Crippen LogP contribution in [0.5, 0.6) is 0 Å². The normalized spacial score (nSPS) is 30.4. The smallest absolute Gasteiger partial charge is 0.326 e. The lowest BCUT2D eigenvalue weighted by Gasteiger charge is -2.37. The average Bonchev–Trinajstić information content (AvgIpc) is 2.89. The largest absolute Gasteiger partial charge is 0.480 e. The zero-order chi connectivity index (χ0) is 15.4. The second-order valence-corrected chi connectivity index (χ2v) is 6.45. The highest BCUT2D eigenvalue weighted by Crippen LogP contribution is 2.25. The number of likely N-dealkylation sites (tertiary alicyclic amines) is 2. The quantitative estimate of drug-likeness (QED) is 0.818. The lowest BCUT2D eigenvalue weighted by Crippen LogP contribution is -2.54. The molecule has 2 N–H and O–H groups in total. The van der Waals surface area contributed by atoms with E-state index in [1.165, 1.54) is 4.90 Å². The SMILES string of the molecule is CCC1CCN(C(=O)NCC2CCN(C)C2)C(C(=O)O)C1. The second-order valence-electron chi connectivity index (χ2n) is 6.45. The van der Waals surface area contributed by atoms with E-state index in [-0.39, 0.29) is 6.03 Å². The van der Waals surface area contributed by atoms with Crippen LogP contribution in [0.1, 0.15) is 32.6 Å². The molecule has 2 saturated heterocycles. The van der Waals surface area contributed by atoms with E-state index in [9.17, 15) is 14.7 Å². The monoisotopic (exact) mass is 297 g/mol. The van der Waals surface area contributed by atoms with E-state index in [1.807, 2.05) is 0 Å². The van der Waals surface area contributed by atoms with Gasteiger partial charge in [-0.25, -0.2) is 9.59 Å². The summed E-state index contributed by atoms with van der Waals surface area (Å²) in [6.45, 7) is 5.34. The minimum atomic E-state index is -0.885. The number of piperidine rings is 1. The average molecular weight is 297 g/mol. The van der Waals surface area contributed by atoms with Crippen LogP contribution in [-0.4, -0.2) is 66.2 Å². The van der Waals surface area contributed by atoms with Crippen molar-refractivity contribution in [3.63, 3.8) is 0 Å². The summed E-state index contributed by atoms with van der Waals surface area (Å²) in [5.41, 5.74) is 0. The van der Waals surface area contributed by atoms with Gasteiger partial charge in [-0.2, -0.15) is 0 Å². The Morgan fingerprint density at radius 2 is 1.95 bits per heavy atom. The minimum Gasteiger partial charge on any atom is -0.480 e. The van der Waals surface area contributed by atoms with Crippen LogP contribution in [0.3, 0.4) is 0 Å². The Labute approximate surface area is 126 Å². The molecule has 21 heavy (non-hydrogen) atoms. The molecule has 6 nitrogen and oxygen atoms in total. The van der Waals surface area contributed by atoms with Crippen molar-refractivity contribution in [1.29, 1.82) is 0 Å². The molecule has 120 valence electrons. The van der Waals surface area contributed by atoms with Gasteiger partial charge in [0, 0.05) is 19.6 Å². The highest BCUT2D eigenvalue weighted by atomic mass is 16.4. The first kappa shape index (κ1) is 16.1. The van der Waals surface area contributed by atoms with Gasteiger partial charge in [0.05, 0.1) is 0 Å². The molecular weight excluding hydrogens is 270 g/mol. The summed E-state index contributed by atoms with van der Waals surface area (Å²) in [5, 5.41) is 12.3. The van der Waals surface area contributed by atoms with Gasteiger partial charge in [-0.05, 0) is 44.7 Å².